The smallest absolute Gasteiger partial charge is 0.325 e. The minimum Gasteiger partial charge on any atom is -0.456 e. The molecular weight excluding hydrogens is 368 g/mol. The predicted octanol–water partition coefficient (Wildman–Crippen LogP) is 2.53. The second kappa shape index (κ2) is 9.48. The van der Waals surface area contributed by atoms with Crippen molar-refractivity contribution in [2.75, 3.05) is 26.9 Å². The molecule has 1 atom stereocenters. The van der Waals surface area contributed by atoms with Crippen LogP contribution in [0.2, 0.25) is 0 Å². The van der Waals surface area contributed by atoms with Crippen molar-refractivity contribution in [1.29, 1.82) is 0 Å². The van der Waals surface area contributed by atoms with Crippen LogP contribution in [0.3, 0.4) is 0 Å². The molecule has 0 bridgehead atoms. The van der Waals surface area contributed by atoms with Crippen LogP contribution in [-0.4, -0.2) is 49.1 Å². The van der Waals surface area contributed by atoms with Crippen LogP contribution in [-0.2, 0) is 14.3 Å². The van der Waals surface area contributed by atoms with Crippen LogP contribution >= 0.6 is 11.3 Å². The average Bonchev–Trinajstić information content (AvgIpc) is 3.26. The largest absolute Gasteiger partial charge is 0.456 e. The van der Waals surface area contributed by atoms with Gasteiger partial charge >= 0.3 is 5.97 Å². The van der Waals surface area contributed by atoms with Gasteiger partial charge in [0.15, 0.2) is 6.61 Å². The molecule has 0 aliphatic heterocycles. The molecule has 0 saturated heterocycles. The first-order valence-corrected chi connectivity index (χ1v) is 9.41. The molecule has 27 heavy (non-hydrogen) atoms. The van der Waals surface area contributed by atoms with Crippen LogP contribution in [0.4, 0.5) is 0 Å². The lowest BCUT2D eigenvalue weighted by Gasteiger charge is -2.17. The van der Waals surface area contributed by atoms with Crippen LogP contribution < -0.4 is 5.32 Å². The Hall–Kier alpha value is -2.45. The van der Waals surface area contributed by atoms with Crippen molar-refractivity contribution in [3.8, 4) is 0 Å². The van der Waals surface area contributed by atoms with Crippen molar-refractivity contribution >= 4 is 29.0 Å². The molecule has 2 rings (SSSR count). The lowest BCUT2D eigenvalue weighted by molar-refractivity contribution is -0.141. The van der Waals surface area contributed by atoms with Gasteiger partial charge in [-0.1, -0.05) is 6.07 Å². The van der Waals surface area contributed by atoms with Gasteiger partial charge in [-0.3, -0.25) is 14.4 Å². The number of thiophene rings is 1. The number of ether oxygens (including phenoxy) is 2. The van der Waals surface area contributed by atoms with Gasteiger partial charge in [0, 0.05) is 24.1 Å². The number of amides is 1. The van der Waals surface area contributed by atoms with Gasteiger partial charge in [-0.05, 0) is 38.3 Å². The van der Waals surface area contributed by atoms with Crippen LogP contribution in [0.5, 0.6) is 0 Å². The Bertz CT molecular complexity index is 810. The van der Waals surface area contributed by atoms with Crippen LogP contribution in [0.1, 0.15) is 44.4 Å². The van der Waals surface area contributed by atoms with Crippen LogP contribution in [0.25, 0.3) is 0 Å². The summed E-state index contributed by atoms with van der Waals surface area (Å²) >= 11 is 1.28. The van der Waals surface area contributed by atoms with Crippen molar-refractivity contribution in [2.45, 2.75) is 26.8 Å². The standard InChI is InChI=1S/C19H24N2O5S/c1-12-8-15(14(3)21(12)13(2)10-25-4)16(22)11-26-18(23)9-20-19(24)17-6-5-7-27-17/h5-8,13H,9-11H2,1-4H3,(H,20,24)/t13-/m0/s1. The number of ketones is 1. The number of esters is 1. The van der Waals surface area contributed by atoms with Gasteiger partial charge in [-0.2, -0.15) is 0 Å². The lowest BCUT2D eigenvalue weighted by atomic mass is 10.1. The number of aryl methyl sites for hydroxylation is 1. The lowest BCUT2D eigenvalue weighted by Crippen LogP contribution is -2.31. The number of methoxy groups -OCH3 is 1. The second-order valence-electron chi connectivity index (χ2n) is 6.20. The zero-order valence-corrected chi connectivity index (χ0v) is 16.7. The summed E-state index contributed by atoms with van der Waals surface area (Å²) in [6.07, 6.45) is 0. The molecule has 0 aromatic carbocycles. The number of nitrogens with one attached hydrogen (secondary N) is 1. The number of carbonyl (C=O) groups excluding carboxylic acids is 3. The average molecular weight is 392 g/mol. The van der Waals surface area contributed by atoms with E-state index in [9.17, 15) is 14.4 Å². The summed E-state index contributed by atoms with van der Waals surface area (Å²) in [4.78, 5) is 36.5. The number of nitrogens with zero attached hydrogens (tertiary/aromatic N) is 1. The molecule has 8 heteroatoms. The summed E-state index contributed by atoms with van der Waals surface area (Å²) in [5, 5.41) is 4.24. The maximum absolute atomic E-state index is 12.4. The van der Waals surface area contributed by atoms with Gasteiger partial charge in [0.25, 0.3) is 5.91 Å². The van der Waals surface area contributed by atoms with E-state index in [1.54, 1.807) is 30.7 Å². The van der Waals surface area contributed by atoms with E-state index >= 15 is 0 Å². The number of carbonyl (C=O) groups is 3. The van der Waals surface area contributed by atoms with E-state index in [0.29, 0.717) is 17.0 Å². The van der Waals surface area contributed by atoms with Crippen molar-refractivity contribution in [2.24, 2.45) is 0 Å². The fourth-order valence-electron chi connectivity index (χ4n) is 2.98. The molecule has 0 radical (unpaired) electrons. The molecule has 0 aliphatic rings. The van der Waals surface area contributed by atoms with Crippen molar-refractivity contribution in [3.63, 3.8) is 0 Å². The molecule has 0 saturated carbocycles. The third-order valence-corrected chi connectivity index (χ3v) is 5.00. The summed E-state index contributed by atoms with van der Waals surface area (Å²) in [5.74, 6) is -1.28. The topological polar surface area (TPSA) is 86.6 Å². The van der Waals surface area contributed by atoms with Crippen LogP contribution in [0.15, 0.2) is 23.6 Å². The summed E-state index contributed by atoms with van der Waals surface area (Å²) in [6.45, 7) is 5.67. The van der Waals surface area contributed by atoms with E-state index in [0.717, 1.165) is 11.4 Å². The zero-order valence-electron chi connectivity index (χ0n) is 15.9. The zero-order chi connectivity index (χ0) is 20.0. The second-order valence-corrected chi connectivity index (χ2v) is 7.15. The Kier molecular flexibility index (Phi) is 7.32. The van der Waals surface area contributed by atoms with Gasteiger partial charge in [0.05, 0.1) is 17.5 Å². The van der Waals surface area contributed by atoms with Gasteiger partial charge in [0.2, 0.25) is 5.78 Å². The first-order chi connectivity index (χ1) is 12.8. The number of aromatic nitrogens is 1. The molecule has 2 aromatic rings. The Labute approximate surface area is 162 Å². The van der Waals surface area contributed by atoms with E-state index in [2.05, 4.69) is 5.32 Å². The fraction of sp³-hybridized carbons (Fsp3) is 0.421. The Balaban J connectivity index is 1.89. The first kappa shape index (κ1) is 20.9. The normalized spacial score (nSPS) is 11.9. The van der Waals surface area contributed by atoms with Crippen molar-refractivity contribution < 1.29 is 23.9 Å². The van der Waals surface area contributed by atoms with Gasteiger partial charge in [0.1, 0.15) is 6.54 Å². The van der Waals surface area contributed by atoms with E-state index < -0.39 is 5.97 Å². The van der Waals surface area contributed by atoms with Gasteiger partial charge < -0.3 is 19.4 Å². The molecular formula is C19H24N2O5S. The predicted molar refractivity (Wildman–Crippen MR) is 102 cm³/mol. The highest BCUT2D eigenvalue weighted by atomic mass is 32.1. The van der Waals surface area contributed by atoms with E-state index in [4.69, 9.17) is 9.47 Å². The highest BCUT2D eigenvalue weighted by Crippen LogP contribution is 2.21. The molecule has 1 N–H and O–H groups in total. The molecule has 1 amide bonds. The SMILES string of the molecule is COC[C@H](C)n1c(C)cc(C(=O)COC(=O)CNC(=O)c2cccs2)c1C. The third kappa shape index (κ3) is 5.27. The van der Waals surface area contributed by atoms with Crippen LogP contribution in [0, 0.1) is 13.8 Å². The van der Waals surface area contributed by atoms with Crippen molar-refractivity contribution in [1.82, 2.24) is 9.88 Å². The summed E-state index contributed by atoms with van der Waals surface area (Å²) in [5.41, 5.74) is 2.27. The molecule has 2 heterocycles. The van der Waals surface area contributed by atoms with E-state index in [-0.39, 0.29) is 30.9 Å². The molecule has 7 nitrogen and oxygen atoms in total. The molecule has 0 spiro atoms. The summed E-state index contributed by atoms with van der Waals surface area (Å²) < 4.78 is 12.2. The number of hydrogen-bond acceptors (Lipinski definition) is 6. The monoisotopic (exact) mass is 392 g/mol. The Morgan fingerprint density at radius 3 is 2.67 bits per heavy atom. The fourth-order valence-corrected chi connectivity index (χ4v) is 3.62. The highest BCUT2D eigenvalue weighted by Gasteiger charge is 2.20. The van der Waals surface area contributed by atoms with E-state index in [1.165, 1.54) is 11.3 Å². The Morgan fingerprint density at radius 1 is 1.30 bits per heavy atom. The molecule has 0 fully saturated rings. The number of hydrogen-bond donors (Lipinski definition) is 1. The molecule has 0 aliphatic carbocycles. The van der Waals surface area contributed by atoms with E-state index in [1.807, 2.05) is 25.3 Å². The number of rotatable bonds is 9. The molecule has 0 unspecified atom stereocenters. The van der Waals surface area contributed by atoms with Gasteiger partial charge in [-0.15, -0.1) is 11.3 Å². The minimum atomic E-state index is -0.658. The maximum atomic E-state index is 12.4. The summed E-state index contributed by atoms with van der Waals surface area (Å²) in [6, 6.07) is 5.29. The first-order valence-electron chi connectivity index (χ1n) is 8.53. The Morgan fingerprint density at radius 2 is 2.04 bits per heavy atom. The van der Waals surface area contributed by atoms with Gasteiger partial charge in [-0.25, -0.2) is 0 Å². The highest BCUT2D eigenvalue weighted by molar-refractivity contribution is 7.12. The maximum Gasteiger partial charge on any atom is 0.325 e. The molecule has 146 valence electrons. The third-order valence-electron chi connectivity index (χ3n) is 4.14. The molecule has 2 aromatic heterocycles. The van der Waals surface area contributed by atoms with Crippen molar-refractivity contribution in [3.05, 3.63) is 45.4 Å². The quantitative estimate of drug-likeness (QED) is 0.523. The summed E-state index contributed by atoms with van der Waals surface area (Å²) in [7, 11) is 1.63. The number of Topliss-reactive ketones (excluding diaryl/α,β-unsaturated/α-hetero) is 1. The minimum absolute atomic E-state index is 0.0894.